The summed E-state index contributed by atoms with van der Waals surface area (Å²) in [7, 11) is 0. The van der Waals surface area contributed by atoms with Gasteiger partial charge in [-0.2, -0.15) is 4.98 Å². The van der Waals surface area contributed by atoms with Gasteiger partial charge in [-0.15, -0.1) is 0 Å². The van der Waals surface area contributed by atoms with Gasteiger partial charge in [0.2, 0.25) is 5.89 Å². The zero-order valence-electron chi connectivity index (χ0n) is 16.1. The molecule has 0 amide bonds. The Labute approximate surface area is 162 Å². The van der Waals surface area contributed by atoms with Crippen LogP contribution in [0.1, 0.15) is 61.4 Å². The van der Waals surface area contributed by atoms with E-state index in [0.29, 0.717) is 18.1 Å². The van der Waals surface area contributed by atoms with Crippen LogP contribution in [-0.4, -0.2) is 32.3 Å². The summed E-state index contributed by atoms with van der Waals surface area (Å²) in [6.07, 6.45) is 1.79. The molecule has 0 saturated heterocycles. The zero-order valence-corrected chi connectivity index (χ0v) is 16.9. The van der Waals surface area contributed by atoms with Gasteiger partial charge in [0, 0.05) is 13.0 Å². The Morgan fingerprint density at radius 1 is 1.30 bits per heavy atom. The Kier molecular flexibility index (Phi) is 6.15. The lowest BCUT2D eigenvalue weighted by Crippen LogP contribution is -2.04. The first-order valence-corrected chi connectivity index (χ1v) is 10.1. The number of hydrogen-bond donors (Lipinski definition) is 0. The van der Waals surface area contributed by atoms with Gasteiger partial charge in [0.1, 0.15) is 0 Å². The summed E-state index contributed by atoms with van der Waals surface area (Å²) in [4.78, 5) is 21.2. The molecule has 2 heterocycles. The fraction of sp³-hybridized carbons (Fsp3) is 0.474. The lowest BCUT2D eigenvalue weighted by atomic mass is 10.2. The molecule has 3 aromatic rings. The maximum absolute atomic E-state index is 12.0. The zero-order chi connectivity index (χ0) is 19.4. The third kappa shape index (κ3) is 4.16. The molecule has 0 aliphatic heterocycles. The van der Waals surface area contributed by atoms with E-state index in [4.69, 9.17) is 14.2 Å². The van der Waals surface area contributed by atoms with Gasteiger partial charge in [-0.25, -0.2) is 9.78 Å². The van der Waals surface area contributed by atoms with Crippen molar-refractivity contribution in [2.24, 2.45) is 0 Å². The van der Waals surface area contributed by atoms with E-state index in [1.54, 1.807) is 30.8 Å². The average molecular weight is 388 g/mol. The molecule has 1 aromatic carbocycles. The van der Waals surface area contributed by atoms with Gasteiger partial charge in [-0.1, -0.05) is 23.8 Å². The number of carbonyl (C=O) groups excluding carboxylic acids is 1. The first kappa shape index (κ1) is 19.4. The number of carbonyl (C=O) groups is 1. The predicted octanol–water partition coefficient (Wildman–Crippen LogP) is 4.42. The van der Waals surface area contributed by atoms with E-state index in [0.717, 1.165) is 41.4 Å². The number of aromatic nitrogens is 4. The highest BCUT2D eigenvalue weighted by Crippen LogP contribution is 2.35. The molecule has 0 spiro atoms. The minimum Gasteiger partial charge on any atom is -0.462 e. The van der Waals surface area contributed by atoms with Crippen molar-refractivity contribution in [3.8, 4) is 0 Å². The van der Waals surface area contributed by atoms with Gasteiger partial charge < -0.3 is 13.8 Å². The summed E-state index contributed by atoms with van der Waals surface area (Å²) >= 11 is 1.57. The van der Waals surface area contributed by atoms with E-state index in [1.165, 1.54) is 0 Å². The van der Waals surface area contributed by atoms with Crippen molar-refractivity contribution in [2.75, 3.05) is 6.61 Å². The first-order chi connectivity index (χ1) is 13.1. The average Bonchev–Trinajstić information content (AvgIpc) is 3.25. The SMILES string of the molecule is CCCc1noc(C(C)Sc2nc3cc(C(=O)OCC)ccc3n2CC)n1. The van der Waals surface area contributed by atoms with Gasteiger partial charge in [-0.3, -0.25) is 0 Å². The van der Waals surface area contributed by atoms with Crippen LogP contribution in [0.3, 0.4) is 0 Å². The van der Waals surface area contributed by atoms with Crippen LogP contribution >= 0.6 is 11.8 Å². The smallest absolute Gasteiger partial charge is 0.338 e. The molecule has 0 aliphatic carbocycles. The molecule has 7 nitrogen and oxygen atoms in total. The number of esters is 1. The van der Waals surface area contributed by atoms with E-state index in [2.05, 4.69) is 28.6 Å². The molecule has 1 unspecified atom stereocenters. The highest BCUT2D eigenvalue weighted by atomic mass is 32.2. The lowest BCUT2D eigenvalue weighted by Gasteiger charge is -2.08. The lowest BCUT2D eigenvalue weighted by molar-refractivity contribution is 0.0526. The second-order valence-corrected chi connectivity index (χ2v) is 7.43. The quantitative estimate of drug-likeness (QED) is 0.417. The van der Waals surface area contributed by atoms with Crippen molar-refractivity contribution in [1.82, 2.24) is 19.7 Å². The Morgan fingerprint density at radius 3 is 2.81 bits per heavy atom. The third-order valence-corrected chi connectivity index (χ3v) is 5.21. The van der Waals surface area contributed by atoms with Crippen molar-refractivity contribution in [3.05, 3.63) is 35.5 Å². The summed E-state index contributed by atoms with van der Waals surface area (Å²) in [5.74, 6) is 1.01. The second-order valence-electron chi connectivity index (χ2n) is 6.12. The number of rotatable bonds is 8. The molecule has 27 heavy (non-hydrogen) atoms. The molecule has 3 rings (SSSR count). The molecule has 2 aromatic heterocycles. The first-order valence-electron chi connectivity index (χ1n) is 9.23. The molecule has 0 bridgehead atoms. The molecule has 0 fully saturated rings. The minimum atomic E-state index is -0.331. The highest BCUT2D eigenvalue weighted by molar-refractivity contribution is 7.99. The topological polar surface area (TPSA) is 83.0 Å². The number of benzene rings is 1. The molecular formula is C19H24N4O3S. The monoisotopic (exact) mass is 388 g/mol. The van der Waals surface area contributed by atoms with Crippen LogP contribution in [0.15, 0.2) is 27.9 Å². The van der Waals surface area contributed by atoms with Crippen LogP contribution in [0.2, 0.25) is 0 Å². The maximum Gasteiger partial charge on any atom is 0.338 e. The van der Waals surface area contributed by atoms with Crippen LogP contribution in [0.5, 0.6) is 0 Å². The van der Waals surface area contributed by atoms with Crippen molar-refractivity contribution in [3.63, 3.8) is 0 Å². The number of imidazole rings is 1. The minimum absolute atomic E-state index is 0.0188. The number of fused-ring (bicyclic) bond motifs is 1. The summed E-state index contributed by atoms with van der Waals surface area (Å²) in [6, 6.07) is 5.47. The largest absolute Gasteiger partial charge is 0.462 e. The molecule has 0 radical (unpaired) electrons. The van der Waals surface area contributed by atoms with Gasteiger partial charge in [0.05, 0.1) is 28.5 Å². The van der Waals surface area contributed by atoms with Crippen LogP contribution in [0, 0.1) is 0 Å². The molecule has 144 valence electrons. The van der Waals surface area contributed by atoms with Crippen molar-refractivity contribution in [2.45, 2.75) is 57.5 Å². The maximum atomic E-state index is 12.0. The van der Waals surface area contributed by atoms with E-state index in [1.807, 2.05) is 13.0 Å². The Balaban J connectivity index is 1.87. The number of thioether (sulfide) groups is 1. The van der Waals surface area contributed by atoms with Crippen LogP contribution in [0.25, 0.3) is 11.0 Å². The fourth-order valence-corrected chi connectivity index (χ4v) is 3.83. The Bertz CT molecular complexity index is 934. The van der Waals surface area contributed by atoms with Gasteiger partial charge in [-0.05, 0) is 45.4 Å². The fourth-order valence-electron chi connectivity index (χ4n) is 2.81. The van der Waals surface area contributed by atoms with Gasteiger partial charge in [0.25, 0.3) is 0 Å². The standard InChI is InChI=1S/C19H24N4O3S/c1-5-8-16-21-17(26-22-16)12(4)27-19-20-14-11-13(18(24)25-7-3)9-10-15(14)23(19)6-2/h9-12H,5-8H2,1-4H3. The summed E-state index contributed by atoms with van der Waals surface area (Å²) in [5, 5.41) is 4.86. The van der Waals surface area contributed by atoms with E-state index in [-0.39, 0.29) is 11.2 Å². The molecule has 0 saturated carbocycles. The number of hydrogen-bond acceptors (Lipinski definition) is 7. The number of ether oxygens (including phenoxy) is 1. The number of nitrogens with zero attached hydrogens (tertiary/aromatic N) is 4. The molecule has 0 aliphatic rings. The molecule has 0 N–H and O–H groups in total. The van der Waals surface area contributed by atoms with Crippen molar-refractivity contribution >= 4 is 28.8 Å². The molecule has 8 heteroatoms. The van der Waals surface area contributed by atoms with Crippen molar-refractivity contribution < 1.29 is 14.1 Å². The van der Waals surface area contributed by atoms with Crippen LogP contribution < -0.4 is 0 Å². The van der Waals surface area contributed by atoms with E-state index in [9.17, 15) is 4.79 Å². The summed E-state index contributed by atoms with van der Waals surface area (Å²) in [6.45, 7) is 9.10. The van der Waals surface area contributed by atoms with E-state index < -0.39 is 0 Å². The Morgan fingerprint density at radius 2 is 2.11 bits per heavy atom. The molecular weight excluding hydrogens is 364 g/mol. The number of aryl methyl sites for hydroxylation is 2. The van der Waals surface area contributed by atoms with Crippen molar-refractivity contribution in [1.29, 1.82) is 0 Å². The Hall–Kier alpha value is -2.35. The van der Waals surface area contributed by atoms with Crippen LogP contribution in [-0.2, 0) is 17.7 Å². The van der Waals surface area contributed by atoms with Crippen LogP contribution in [0.4, 0.5) is 0 Å². The normalized spacial score (nSPS) is 12.4. The third-order valence-electron chi connectivity index (χ3n) is 4.13. The summed E-state index contributed by atoms with van der Waals surface area (Å²) < 4.78 is 12.6. The van der Waals surface area contributed by atoms with Gasteiger partial charge >= 0.3 is 5.97 Å². The highest BCUT2D eigenvalue weighted by Gasteiger charge is 2.20. The second kappa shape index (κ2) is 8.56. The predicted molar refractivity (Wildman–Crippen MR) is 104 cm³/mol. The van der Waals surface area contributed by atoms with Gasteiger partial charge in [0.15, 0.2) is 11.0 Å². The molecule has 1 atom stereocenters. The van der Waals surface area contributed by atoms with E-state index >= 15 is 0 Å². The summed E-state index contributed by atoms with van der Waals surface area (Å²) in [5.41, 5.74) is 2.27.